The number of fused-ring (bicyclic) bond motifs is 1. The third-order valence-electron chi connectivity index (χ3n) is 4.40. The number of nitrogens with zero attached hydrogens (tertiary/aromatic N) is 1. The van der Waals surface area contributed by atoms with Crippen LogP contribution in [0.3, 0.4) is 0 Å². The molecule has 22 heavy (non-hydrogen) atoms. The molecule has 1 aliphatic rings. The Balaban J connectivity index is 1.89. The summed E-state index contributed by atoms with van der Waals surface area (Å²) in [6, 6.07) is 16.8. The van der Waals surface area contributed by atoms with Crippen LogP contribution in [0.5, 0.6) is 5.75 Å². The summed E-state index contributed by atoms with van der Waals surface area (Å²) in [6.07, 6.45) is 2.24. The number of aromatic hydroxyl groups is 1. The van der Waals surface area contributed by atoms with Gasteiger partial charge in [0.25, 0.3) is 0 Å². The number of anilines is 2. The lowest BCUT2D eigenvalue weighted by molar-refractivity contribution is 0.475. The Kier molecular flexibility index (Phi) is 4.23. The van der Waals surface area contributed by atoms with E-state index in [1.54, 1.807) is 12.1 Å². The van der Waals surface area contributed by atoms with Crippen LogP contribution in [0.15, 0.2) is 48.5 Å². The molecule has 0 saturated heterocycles. The Morgan fingerprint density at radius 3 is 2.59 bits per heavy atom. The van der Waals surface area contributed by atoms with Crippen LogP contribution in [0.2, 0.25) is 0 Å². The molecule has 0 saturated carbocycles. The van der Waals surface area contributed by atoms with Gasteiger partial charge in [0.15, 0.2) is 0 Å². The second kappa shape index (κ2) is 6.30. The Bertz CT molecular complexity index is 624. The molecular weight excluding hydrogens is 272 g/mol. The molecule has 1 heterocycles. The largest absolute Gasteiger partial charge is 0.508 e. The molecule has 2 atom stereocenters. The molecule has 3 rings (SSSR count). The molecule has 1 aliphatic heterocycles. The summed E-state index contributed by atoms with van der Waals surface area (Å²) in [4.78, 5) is 2.52. The number of phenols is 1. The number of phenolic OH excluding ortho intramolecular Hbond substituents is 1. The van der Waals surface area contributed by atoms with Gasteiger partial charge in [0.05, 0.1) is 6.04 Å². The molecule has 2 aromatic carbocycles. The van der Waals surface area contributed by atoms with E-state index in [-0.39, 0.29) is 0 Å². The lowest BCUT2D eigenvalue weighted by Crippen LogP contribution is -2.40. The summed E-state index contributed by atoms with van der Waals surface area (Å²) in [7, 11) is 0. The van der Waals surface area contributed by atoms with E-state index >= 15 is 0 Å². The second-order valence-corrected chi connectivity index (χ2v) is 6.08. The molecular formula is C19H24N2O. The zero-order chi connectivity index (χ0) is 15.5. The first-order valence-electron chi connectivity index (χ1n) is 8.10. The summed E-state index contributed by atoms with van der Waals surface area (Å²) in [5.41, 5.74) is 3.76. The lowest BCUT2D eigenvalue weighted by Gasteiger charge is -2.41. The molecule has 0 aromatic heterocycles. The molecule has 0 radical (unpaired) electrons. The van der Waals surface area contributed by atoms with E-state index in [1.807, 2.05) is 12.1 Å². The average Bonchev–Trinajstić information content (AvgIpc) is 2.53. The Hall–Kier alpha value is -2.16. The summed E-state index contributed by atoms with van der Waals surface area (Å²) >= 11 is 0. The van der Waals surface area contributed by atoms with Crippen LogP contribution in [-0.4, -0.2) is 17.7 Å². The van der Waals surface area contributed by atoms with E-state index in [2.05, 4.69) is 48.3 Å². The Labute approximate surface area is 132 Å². The van der Waals surface area contributed by atoms with Crippen molar-refractivity contribution in [2.24, 2.45) is 0 Å². The second-order valence-electron chi connectivity index (χ2n) is 6.08. The standard InChI is InChI=1S/C19H24N2O/c1-3-12-21-14(2)13-18(17-6-4-5-7-19(17)21)20-15-8-10-16(22)11-9-15/h4-11,14,18,20,22H,3,12-13H2,1-2H3/t14-,18+/m0/s1. The van der Waals surface area contributed by atoms with Crippen LogP contribution in [0.25, 0.3) is 0 Å². The molecule has 2 aromatic rings. The van der Waals surface area contributed by atoms with Crippen molar-refractivity contribution in [2.75, 3.05) is 16.8 Å². The highest BCUT2D eigenvalue weighted by atomic mass is 16.3. The van der Waals surface area contributed by atoms with Crippen LogP contribution in [-0.2, 0) is 0 Å². The molecule has 0 unspecified atom stereocenters. The smallest absolute Gasteiger partial charge is 0.115 e. The van der Waals surface area contributed by atoms with Gasteiger partial charge in [-0.25, -0.2) is 0 Å². The average molecular weight is 296 g/mol. The summed E-state index contributed by atoms with van der Waals surface area (Å²) in [6.45, 7) is 5.64. The van der Waals surface area contributed by atoms with Gasteiger partial charge in [0.1, 0.15) is 5.75 Å². The van der Waals surface area contributed by atoms with E-state index < -0.39 is 0 Å². The van der Waals surface area contributed by atoms with Gasteiger partial charge in [0.2, 0.25) is 0 Å². The summed E-state index contributed by atoms with van der Waals surface area (Å²) in [5, 5.41) is 13.0. The highest BCUT2D eigenvalue weighted by Crippen LogP contribution is 2.38. The van der Waals surface area contributed by atoms with Crippen molar-refractivity contribution in [2.45, 2.75) is 38.8 Å². The third kappa shape index (κ3) is 2.89. The van der Waals surface area contributed by atoms with Crippen LogP contribution in [0.4, 0.5) is 11.4 Å². The van der Waals surface area contributed by atoms with E-state index in [1.165, 1.54) is 11.3 Å². The molecule has 0 aliphatic carbocycles. The fourth-order valence-corrected chi connectivity index (χ4v) is 3.35. The van der Waals surface area contributed by atoms with Crippen LogP contribution >= 0.6 is 0 Å². The molecule has 0 amide bonds. The normalized spacial score (nSPS) is 20.5. The first-order chi connectivity index (χ1) is 10.7. The highest BCUT2D eigenvalue weighted by Gasteiger charge is 2.29. The monoisotopic (exact) mass is 296 g/mol. The van der Waals surface area contributed by atoms with E-state index in [9.17, 15) is 5.11 Å². The molecule has 0 fully saturated rings. The first-order valence-corrected chi connectivity index (χ1v) is 8.10. The maximum atomic E-state index is 9.42. The van der Waals surface area contributed by atoms with Crippen molar-refractivity contribution < 1.29 is 5.11 Å². The Morgan fingerprint density at radius 1 is 1.14 bits per heavy atom. The summed E-state index contributed by atoms with van der Waals surface area (Å²) < 4.78 is 0. The van der Waals surface area contributed by atoms with Crippen LogP contribution in [0.1, 0.15) is 38.3 Å². The molecule has 116 valence electrons. The van der Waals surface area contributed by atoms with Gasteiger partial charge in [-0.3, -0.25) is 0 Å². The lowest BCUT2D eigenvalue weighted by atomic mass is 9.91. The predicted molar refractivity (Wildman–Crippen MR) is 92.6 cm³/mol. The zero-order valence-electron chi connectivity index (χ0n) is 13.3. The van der Waals surface area contributed by atoms with Gasteiger partial charge in [-0.1, -0.05) is 25.1 Å². The molecule has 2 N–H and O–H groups in total. The number of nitrogens with one attached hydrogen (secondary N) is 1. The third-order valence-corrected chi connectivity index (χ3v) is 4.40. The van der Waals surface area contributed by atoms with Crippen molar-refractivity contribution >= 4 is 11.4 Å². The van der Waals surface area contributed by atoms with Gasteiger partial charge in [-0.05, 0) is 55.7 Å². The van der Waals surface area contributed by atoms with E-state index in [0.29, 0.717) is 17.8 Å². The van der Waals surface area contributed by atoms with Crippen molar-refractivity contribution in [3.05, 3.63) is 54.1 Å². The van der Waals surface area contributed by atoms with E-state index in [0.717, 1.165) is 25.1 Å². The quantitative estimate of drug-likeness (QED) is 0.812. The van der Waals surface area contributed by atoms with Gasteiger partial charge < -0.3 is 15.3 Å². The number of hydrogen-bond acceptors (Lipinski definition) is 3. The first kappa shape index (κ1) is 14.8. The van der Waals surface area contributed by atoms with Gasteiger partial charge >= 0.3 is 0 Å². The summed E-state index contributed by atoms with van der Waals surface area (Å²) in [5.74, 6) is 0.303. The highest BCUT2D eigenvalue weighted by molar-refractivity contribution is 5.60. The van der Waals surface area contributed by atoms with Crippen molar-refractivity contribution in [1.82, 2.24) is 0 Å². The van der Waals surface area contributed by atoms with Gasteiger partial charge in [0, 0.05) is 24.0 Å². The molecule has 3 heteroatoms. The van der Waals surface area contributed by atoms with Crippen LogP contribution < -0.4 is 10.2 Å². The fraction of sp³-hybridized carbons (Fsp3) is 0.368. The SMILES string of the molecule is CCCN1c2ccccc2[C@H](Nc2ccc(O)cc2)C[C@@H]1C. The number of para-hydroxylation sites is 1. The van der Waals surface area contributed by atoms with E-state index in [4.69, 9.17) is 0 Å². The Morgan fingerprint density at radius 2 is 1.86 bits per heavy atom. The predicted octanol–water partition coefficient (Wildman–Crippen LogP) is 4.55. The van der Waals surface area contributed by atoms with Crippen molar-refractivity contribution in [3.63, 3.8) is 0 Å². The van der Waals surface area contributed by atoms with Gasteiger partial charge in [-0.15, -0.1) is 0 Å². The van der Waals surface area contributed by atoms with Gasteiger partial charge in [-0.2, -0.15) is 0 Å². The molecule has 0 bridgehead atoms. The van der Waals surface area contributed by atoms with Crippen LogP contribution in [0, 0.1) is 0 Å². The molecule has 0 spiro atoms. The topological polar surface area (TPSA) is 35.5 Å². The zero-order valence-corrected chi connectivity index (χ0v) is 13.3. The number of hydrogen-bond donors (Lipinski definition) is 2. The number of rotatable bonds is 4. The minimum atomic E-state index is 0.303. The number of benzene rings is 2. The minimum Gasteiger partial charge on any atom is -0.508 e. The minimum absolute atomic E-state index is 0.303. The fourth-order valence-electron chi connectivity index (χ4n) is 3.35. The van der Waals surface area contributed by atoms with Crippen molar-refractivity contribution in [1.29, 1.82) is 0 Å². The maximum absolute atomic E-state index is 9.42. The molecule has 3 nitrogen and oxygen atoms in total. The van der Waals surface area contributed by atoms with Crippen molar-refractivity contribution in [3.8, 4) is 5.75 Å². The maximum Gasteiger partial charge on any atom is 0.115 e.